The molecule has 1 aliphatic carbocycles. The zero-order chi connectivity index (χ0) is 9.54. The van der Waals surface area contributed by atoms with E-state index in [2.05, 4.69) is 16.3 Å². The number of hydrogen-bond donors (Lipinski definition) is 1. The summed E-state index contributed by atoms with van der Waals surface area (Å²) in [4.78, 5) is 4.39. The second-order valence-electron chi connectivity index (χ2n) is 3.80. The van der Waals surface area contributed by atoms with Crippen molar-refractivity contribution in [3.63, 3.8) is 0 Å². The summed E-state index contributed by atoms with van der Waals surface area (Å²) in [5, 5.41) is 4.23. The molecule has 1 fully saturated rings. The molecule has 1 saturated carbocycles. The first-order valence-electron chi connectivity index (χ1n) is 4.90. The Kier molecular flexibility index (Phi) is 1.58. The van der Waals surface area contributed by atoms with Crippen LogP contribution in [-0.4, -0.2) is 14.6 Å². The third-order valence-corrected chi connectivity index (χ3v) is 2.72. The number of nitrogens with two attached hydrogens (primary N) is 1. The fourth-order valence-corrected chi connectivity index (χ4v) is 1.71. The minimum atomic E-state index is 0.499. The van der Waals surface area contributed by atoms with Gasteiger partial charge in [0, 0.05) is 24.5 Å². The van der Waals surface area contributed by atoms with Gasteiger partial charge in [-0.05, 0) is 24.3 Å². The summed E-state index contributed by atoms with van der Waals surface area (Å²) in [5.41, 5.74) is 8.77. The van der Waals surface area contributed by atoms with Gasteiger partial charge in [-0.1, -0.05) is 0 Å². The highest BCUT2D eigenvalue weighted by atomic mass is 15.2. The van der Waals surface area contributed by atoms with E-state index in [-0.39, 0.29) is 0 Å². The highest BCUT2D eigenvalue weighted by Gasteiger charge is 2.24. The molecule has 3 rings (SSSR count). The largest absolute Gasteiger partial charge is 0.326 e. The SMILES string of the molecule is NCc1cnn2cc(C3CC3)cnc12. The van der Waals surface area contributed by atoms with Crippen molar-refractivity contribution in [3.8, 4) is 0 Å². The third kappa shape index (κ3) is 1.11. The molecule has 4 nitrogen and oxygen atoms in total. The molecule has 4 heteroatoms. The maximum atomic E-state index is 5.58. The summed E-state index contributed by atoms with van der Waals surface area (Å²) in [5.74, 6) is 0.720. The monoisotopic (exact) mass is 188 g/mol. The van der Waals surface area contributed by atoms with Crippen LogP contribution in [0.1, 0.15) is 29.9 Å². The first kappa shape index (κ1) is 7.94. The molecule has 0 amide bonds. The van der Waals surface area contributed by atoms with E-state index in [4.69, 9.17) is 5.73 Å². The number of hydrogen-bond acceptors (Lipinski definition) is 3. The molecule has 0 unspecified atom stereocenters. The van der Waals surface area contributed by atoms with Gasteiger partial charge in [-0.25, -0.2) is 9.50 Å². The van der Waals surface area contributed by atoms with E-state index in [0.717, 1.165) is 17.1 Å². The predicted octanol–water partition coefficient (Wildman–Crippen LogP) is 1.07. The van der Waals surface area contributed by atoms with Gasteiger partial charge in [0.1, 0.15) is 0 Å². The smallest absolute Gasteiger partial charge is 0.159 e. The van der Waals surface area contributed by atoms with Crippen LogP contribution in [-0.2, 0) is 6.54 Å². The van der Waals surface area contributed by atoms with E-state index in [1.54, 1.807) is 6.20 Å². The van der Waals surface area contributed by atoms with Crippen molar-refractivity contribution in [1.82, 2.24) is 14.6 Å². The van der Waals surface area contributed by atoms with Crippen molar-refractivity contribution in [1.29, 1.82) is 0 Å². The predicted molar refractivity (Wildman–Crippen MR) is 52.9 cm³/mol. The van der Waals surface area contributed by atoms with Crippen LogP contribution in [0.4, 0.5) is 0 Å². The normalized spacial score (nSPS) is 16.4. The molecule has 14 heavy (non-hydrogen) atoms. The molecule has 0 aliphatic heterocycles. The average molecular weight is 188 g/mol. The van der Waals surface area contributed by atoms with Crippen LogP contribution < -0.4 is 5.73 Å². The van der Waals surface area contributed by atoms with E-state index in [9.17, 15) is 0 Å². The quantitative estimate of drug-likeness (QED) is 0.766. The Bertz CT molecular complexity index is 470. The Hall–Kier alpha value is -1.42. The lowest BCUT2D eigenvalue weighted by Gasteiger charge is -1.99. The van der Waals surface area contributed by atoms with Gasteiger partial charge in [-0.2, -0.15) is 5.10 Å². The van der Waals surface area contributed by atoms with Crippen LogP contribution in [0.25, 0.3) is 5.65 Å². The molecule has 72 valence electrons. The van der Waals surface area contributed by atoms with Gasteiger partial charge >= 0.3 is 0 Å². The summed E-state index contributed by atoms with van der Waals surface area (Å²) >= 11 is 0. The number of fused-ring (bicyclic) bond motifs is 1. The second-order valence-corrected chi connectivity index (χ2v) is 3.80. The lowest BCUT2D eigenvalue weighted by Crippen LogP contribution is -1.98. The van der Waals surface area contributed by atoms with Crippen LogP contribution in [0.2, 0.25) is 0 Å². The minimum Gasteiger partial charge on any atom is -0.326 e. The van der Waals surface area contributed by atoms with Crippen LogP contribution in [0.15, 0.2) is 18.6 Å². The van der Waals surface area contributed by atoms with Crippen LogP contribution in [0.5, 0.6) is 0 Å². The maximum absolute atomic E-state index is 5.58. The van der Waals surface area contributed by atoms with Gasteiger partial charge in [-0.15, -0.1) is 0 Å². The Balaban J connectivity index is 2.15. The van der Waals surface area contributed by atoms with Gasteiger partial charge < -0.3 is 5.73 Å². The molecule has 2 aromatic heterocycles. The van der Waals surface area contributed by atoms with Crippen LogP contribution in [0, 0.1) is 0 Å². The van der Waals surface area contributed by atoms with Crippen molar-refractivity contribution >= 4 is 5.65 Å². The lowest BCUT2D eigenvalue weighted by atomic mass is 10.2. The fraction of sp³-hybridized carbons (Fsp3) is 0.400. The van der Waals surface area contributed by atoms with Gasteiger partial charge in [0.25, 0.3) is 0 Å². The summed E-state index contributed by atoms with van der Waals surface area (Å²) < 4.78 is 1.83. The highest BCUT2D eigenvalue weighted by Crippen LogP contribution is 2.39. The van der Waals surface area contributed by atoms with E-state index in [0.29, 0.717) is 6.54 Å². The van der Waals surface area contributed by atoms with E-state index >= 15 is 0 Å². The zero-order valence-corrected chi connectivity index (χ0v) is 7.85. The molecule has 2 aromatic rings. The van der Waals surface area contributed by atoms with E-state index in [1.807, 2.05) is 10.7 Å². The standard InChI is InChI=1S/C10H12N4/c11-3-8-5-13-14-6-9(7-1-2-7)4-12-10(8)14/h4-7H,1-3,11H2. The molecular formula is C10H12N4. The summed E-state index contributed by atoms with van der Waals surface area (Å²) in [6.07, 6.45) is 8.39. The van der Waals surface area contributed by atoms with Crippen LogP contribution >= 0.6 is 0 Å². The molecule has 0 spiro atoms. The summed E-state index contributed by atoms with van der Waals surface area (Å²) in [6.45, 7) is 0.499. The van der Waals surface area contributed by atoms with Crippen molar-refractivity contribution in [3.05, 3.63) is 29.7 Å². The van der Waals surface area contributed by atoms with Gasteiger partial charge in [0.05, 0.1) is 6.20 Å². The van der Waals surface area contributed by atoms with Gasteiger partial charge in [0.2, 0.25) is 0 Å². The van der Waals surface area contributed by atoms with Crippen LogP contribution in [0.3, 0.4) is 0 Å². The first-order valence-corrected chi connectivity index (χ1v) is 4.90. The highest BCUT2D eigenvalue weighted by molar-refractivity contribution is 5.46. The Morgan fingerprint density at radius 3 is 3.00 bits per heavy atom. The van der Waals surface area contributed by atoms with Crippen molar-refractivity contribution in [2.45, 2.75) is 25.3 Å². The van der Waals surface area contributed by atoms with Crippen molar-refractivity contribution < 1.29 is 0 Å². The molecular weight excluding hydrogens is 176 g/mol. The topological polar surface area (TPSA) is 56.2 Å². The zero-order valence-electron chi connectivity index (χ0n) is 7.85. The average Bonchev–Trinajstić information content (AvgIpc) is 2.98. The Morgan fingerprint density at radius 1 is 1.43 bits per heavy atom. The lowest BCUT2D eigenvalue weighted by molar-refractivity contribution is 0.907. The Morgan fingerprint density at radius 2 is 2.29 bits per heavy atom. The minimum absolute atomic E-state index is 0.499. The molecule has 0 saturated heterocycles. The molecule has 0 aromatic carbocycles. The third-order valence-electron chi connectivity index (χ3n) is 2.72. The summed E-state index contributed by atoms with van der Waals surface area (Å²) in [6, 6.07) is 0. The molecule has 0 radical (unpaired) electrons. The second kappa shape index (κ2) is 2.78. The molecule has 2 N–H and O–H groups in total. The van der Waals surface area contributed by atoms with Crippen molar-refractivity contribution in [2.75, 3.05) is 0 Å². The van der Waals surface area contributed by atoms with Crippen molar-refractivity contribution in [2.24, 2.45) is 5.73 Å². The summed E-state index contributed by atoms with van der Waals surface area (Å²) in [7, 11) is 0. The molecule has 0 bridgehead atoms. The Labute approximate surface area is 81.8 Å². The molecule has 0 atom stereocenters. The van der Waals surface area contributed by atoms with E-state index in [1.165, 1.54) is 18.4 Å². The number of nitrogens with zero attached hydrogens (tertiary/aromatic N) is 3. The number of aromatic nitrogens is 3. The van der Waals surface area contributed by atoms with Gasteiger partial charge in [-0.3, -0.25) is 0 Å². The first-order chi connectivity index (χ1) is 6.88. The molecule has 1 aliphatic rings. The maximum Gasteiger partial charge on any atom is 0.159 e. The van der Waals surface area contributed by atoms with E-state index < -0.39 is 0 Å². The fourth-order valence-electron chi connectivity index (χ4n) is 1.71. The van der Waals surface area contributed by atoms with Gasteiger partial charge in [0.15, 0.2) is 5.65 Å². The molecule has 2 heterocycles. The number of rotatable bonds is 2.